The number of methoxy groups -OCH3 is 2. The molecule has 0 spiro atoms. The summed E-state index contributed by atoms with van der Waals surface area (Å²) < 4.78 is 18.6. The molecule has 1 unspecified atom stereocenters. The molecule has 0 aliphatic rings. The van der Waals surface area contributed by atoms with E-state index in [-0.39, 0.29) is 0 Å². The molecule has 0 N–H and O–H groups in total. The molecule has 0 aromatic heterocycles. The van der Waals surface area contributed by atoms with Crippen molar-refractivity contribution in [1.29, 1.82) is 0 Å². The highest BCUT2D eigenvalue weighted by Crippen LogP contribution is 2.47. The molecule has 0 saturated heterocycles. The van der Waals surface area contributed by atoms with Crippen LogP contribution in [0.2, 0.25) is 0 Å². The number of rotatable bonds is 8. The molecule has 4 aromatic carbocycles. The maximum absolute atomic E-state index is 6.97. The standard InChI is InChI=1S/C28H26O3/c1-29-26-21-13-12-20-25(26)28(23-16-8-4-9-17-23,24-18-10-5-11-19-24)31-27(30-2)22-14-6-3-7-15-22/h3-21,27H,1-2H3. The lowest BCUT2D eigenvalue weighted by atomic mass is 9.79. The molecule has 3 nitrogen and oxygen atoms in total. The Kier molecular flexibility index (Phi) is 6.46. The lowest BCUT2D eigenvalue weighted by Gasteiger charge is -2.39. The normalized spacial score (nSPS) is 12.3. The highest BCUT2D eigenvalue weighted by Gasteiger charge is 2.42. The van der Waals surface area contributed by atoms with Crippen LogP contribution in [0.5, 0.6) is 5.75 Å². The van der Waals surface area contributed by atoms with Crippen LogP contribution in [0.1, 0.15) is 28.5 Å². The molecule has 0 saturated carbocycles. The molecular formula is C28H26O3. The van der Waals surface area contributed by atoms with Gasteiger partial charge >= 0.3 is 0 Å². The van der Waals surface area contributed by atoms with E-state index >= 15 is 0 Å². The van der Waals surface area contributed by atoms with Crippen molar-refractivity contribution >= 4 is 0 Å². The van der Waals surface area contributed by atoms with Gasteiger partial charge in [0.05, 0.1) is 7.11 Å². The highest BCUT2D eigenvalue weighted by atomic mass is 16.7. The first-order chi connectivity index (χ1) is 15.3. The minimum absolute atomic E-state index is 0.591. The van der Waals surface area contributed by atoms with E-state index < -0.39 is 11.9 Å². The predicted octanol–water partition coefficient (Wildman–Crippen LogP) is 6.35. The fraction of sp³-hybridized carbons (Fsp3) is 0.143. The zero-order chi connectivity index (χ0) is 21.5. The van der Waals surface area contributed by atoms with Crippen LogP contribution in [0, 0.1) is 0 Å². The van der Waals surface area contributed by atoms with E-state index in [0.717, 1.165) is 28.0 Å². The molecule has 1 atom stereocenters. The molecular weight excluding hydrogens is 384 g/mol. The van der Waals surface area contributed by atoms with Crippen molar-refractivity contribution in [2.75, 3.05) is 14.2 Å². The van der Waals surface area contributed by atoms with Crippen LogP contribution in [0.25, 0.3) is 0 Å². The van der Waals surface area contributed by atoms with Crippen LogP contribution in [0.15, 0.2) is 115 Å². The number of hydrogen-bond acceptors (Lipinski definition) is 3. The summed E-state index contributed by atoms with van der Waals surface area (Å²) in [7, 11) is 3.35. The second-order valence-corrected chi connectivity index (χ2v) is 7.21. The Bertz CT molecular complexity index is 1040. The first-order valence-corrected chi connectivity index (χ1v) is 10.3. The van der Waals surface area contributed by atoms with Crippen molar-refractivity contribution in [3.05, 3.63) is 138 Å². The van der Waals surface area contributed by atoms with Crippen LogP contribution in [0.4, 0.5) is 0 Å². The number of hydrogen-bond donors (Lipinski definition) is 0. The van der Waals surface area contributed by atoms with E-state index in [9.17, 15) is 0 Å². The lowest BCUT2D eigenvalue weighted by molar-refractivity contribution is -0.181. The zero-order valence-corrected chi connectivity index (χ0v) is 17.8. The van der Waals surface area contributed by atoms with Crippen LogP contribution in [-0.4, -0.2) is 14.2 Å². The molecule has 31 heavy (non-hydrogen) atoms. The van der Waals surface area contributed by atoms with Crippen molar-refractivity contribution in [2.45, 2.75) is 11.9 Å². The summed E-state index contributed by atoms with van der Waals surface area (Å²) in [5.74, 6) is 0.748. The average Bonchev–Trinajstić information content (AvgIpc) is 2.87. The van der Waals surface area contributed by atoms with Gasteiger partial charge in [-0.25, -0.2) is 0 Å². The van der Waals surface area contributed by atoms with Gasteiger partial charge in [0.25, 0.3) is 0 Å². The van der Waals surface area contributed by atoms with E-state index in [4.69, 9.17) is 14.2 Å². The summed E-state index contributed by atoms with van der Waals surface area (Å²) in [6, 6.07) is 38.4. The summed E-state index contributed by atoms with van der Waals surface area (Å²) >= 11 is 0. The van der Waals surface area contributed by atoms with Crippen molar-refractivity contribution in [3.8, 4) is 5.75 Å². The van der Waals surface area contributed by atoms with Gasteiger partial charge in [0.1, 0.15) is 5.75 Å². The van der Waals surface area contributed by atoms with Crippen LogP contribution in [0.3, 0.4) is 0 Å². The summed E-state index contributed by atoms with van der Waals surface area (Å²) in [6.45, 7) is 0. The third-order valence-electron chi connectivity index (χ3n) is 5.42. The van der Waals surface area contributed by atoms with Gasteiger partial charge in [-0.15, -0.1) is 0 Å². The molecule has 0 aliphatic heterocycles. The Labute approximate surface area is 183 Å². The minimum Gasteiger partial charge on any atom is -0.496 e. The van der Waals surface area contributed by atoms with Crippen molar-refractivity contribution < 1.29 is 14.2 Å². The maximum Gasteiger partial charge on any atom is 0.185 e. The quantitative estimate of drug-likeness (QED) is 0.250. The molecule has 4 rings (SSSR count). The van der Waals surface area contributed by atoms with Crippen molar-refractivity contribution in [1.82, 2.24) is 0 Å². The summed E-state index contributed by atoms with van der Waals surface area (Å²) in [6.07, 6.45) is -0.591. The van der Waals surface area contributed by atoms with Crippen LogP contribution in [-0.2, 0) is 15.1 Å². The Morgan fingerprint density at radius 3 is 1.58 bits per heavy atom. The second-order valence-electron chi connectivity index (χ2n) is 7.21. The minimum atomic E-state index is -0.953. The molecule has 156 valence electrons. The van der Waals surface area contributed by atoms with Gasteiger partial charge in [-0.3, -0.25) is 0 Å². The Hall–Kier alpha value is -3.40. The highest BCUT2D eigenvalue weighted by molar-refractivity contribution is 5.53. The van der Waals surface area contributed by atoms with E-state index in [0.29, 0.717) is 0 Å². The number of benzene rings is 4. The summed E-state index contributed by atoms with van der Waals surface area (Å²) in [5, 5.41) is 0. The summed E-state index contributed by atoms with van der Waals surface area (Å²) in [5.41, 5.74) is 2.88. The summed E-state index contributed by atoms with van der Waals surface area (Å²) in [4.78, 5) is 0. The second kappa shape index (κ2) is 9.61. The van der Waals surface area contributed by atoms with E-state index in [1.807, 2.05) is 84.9 Å². The molecule has 0 aliphatic carbocycles. The fourth-order valence-corrected chi connectivity index (χ4v) is 3.98. The van der Waals surface area contributed by atoms with Gasteiger partial charge in [-0.05, 0) is 17.2 Å². The van der Waals surface area contributed by atoms with Gasteiger partial charge in [0.2, 0.25) is 0 Å². The molecule has 3 heteroatoms. The Balaban J connectivity index is 2.01. The average molecular weight is 411 g/mol. The third-order valence-corrected chi connectivity index (χ3v) is 5.42. The van der Waals surface area contributed by atoms with Crippen molar-refractivity contribution in [3.63, 3.8) is 0 Å². The lowest BCUT2D eigenvalue weighted by Crippen LogP contribution is -2.35. The van der Waals surface area contributed by atoms with Gasteiger partial charge in [0.15, 0.2) is 11.9 Å². The number of para-hydroxylation sites is 1. The first-order valence-electron chi connectivity index (χ1n) is 10.3. The molecule has 4 aromatic rings. The van der Waals surface area contributed by atoms with E-state index in [1.165, 1.54) is 0 Å². The van der Waals surface area contributed by atoms with E-state index in [1.54, 1.807) is 14.2 Å². The van der Waals surface area contributed by atoms with Crippen LogP contribution < -0.4 is 4.74 Å². The van der Waals surface area contributed by atoms with E-state index in [2.05, 4.69) is 30.3 Å². The molecule has 0 radical (unpaired) electrons. The molecule has 0 amide bonds. The molecule has 0 bridgehead atoms. The van der Waals surface area contributed by atoms with Gasteiger partial charge in [-0.1, -0.05) is 109 Å². The number of ether oxygens (including phenoxy) is 3. The van der Waals surface area contributed by atoms with Crippen molar-refractivity contribution in [2.24, 2.45) is 0 Å². The topological polar surface area (TPSA) is 27.7 Å². The maximum atomic E-state index is 6.97. The Morgan fingerprint density at radius 2 is 1.06 bits per heavy atom. The monoisotopic (exact) mass is 410 g/mol. The van der Waals surface area contributed by atoms with Gasteiger partial charge in [0, 0.05) is 18.2 Å². The largest absolute Gasteiger partial charge is 0.496 e. The molecule has 0 heterocycles. The predicted molar refractivity (Wildman–Crippen MR) is 123 cm³/mol. The fourth-order valence-electron chi connectivity index (χ4n) is 3.98. The van der Waals surface area contributed by atoms with Gasteiger partial charge < -0.3 is 14.2 Å². The smallest absolute Gasteiger partial charge is 0.185 e. The molecule has 0 fully saturated rings. The van der Waals surface area contributed by atoms with Gasteiger partial charge in [-0.2, -0.15) is 0 Å². The first kappa shape index (κ1) is 20.9. The third kappa shape index (κ3) is 4.11. The Morgan fingerprint density at radius 1 is 0.581 bits per heavy atom. The zero-order valence-electron chi connectivity index (χ0n) is 17.8. The SMILES string of the molecule is COc1ccccc1C(OC(OC)c1ccccc1)(c1ccccc1)c1ccccc1. The van der Waals surface area contributed by atoms with Crippen LogP contribution >= 0.6 is 0 Å².